The first-order valence-corrected chi connectivity index (χ1v) is 6.45. The van der Waals surface area contributed by atoms with Crippen LogP contribution in [0.3, 0.4) is 0 Å². The van der Waals surface area contributed by atoms with E-state index < -0.39 is 0 Å². The molecule has 1 N–H and O–H groups in total. The summed E-state index contributed by atoms with van der Waals surface area (Å²) in [7, 11) is 0. The molecule has 0 radical (unpaired) electrons. The van der Waals surface area contributed by atoms with Gasteiger partial charge in [-0.1, -0.05) is 18.9 Å². The number of benzene rings is 1. The van der Waals surface area contributed by atoms with Gasteiger partial charge in [-0.2, -0.15) is 0 Å². The third-order valence-corrected chi connectivity index (χ3v) is 3.38. The number of halogens is 1. The lowest BCUT2D eigenvalue weighted by Crippen LogP contribution is -2.21. The molecule has 0 unspecified atom stereocenters. The molecule has 3 heteroatoms. The molecule has 0 aliphatic carbocycles. The van der Waals surface area contributed by atoms with Crippen LogP contribution in [0.15, 0.2) is 18.2 Å². The second-order valence-corrected chi connectivity index (χ2v) is 4.65. The van der Waals surface area contributed by atoms with E-state index in [9.17, 15) is 4.39 Å². The Bertz CT molecular complexity index is 367. The summed E-state index contributed by atoms with van der Waals surface area (Å²) in [6, 6.07) is 5.09. The molecule has 0 aromatic heterocycles. The normalized spacial score (nSPS) is 14.1. The molecular weight excluding hydrogens is 217 g/mol. The Kier molecular flexibility index (Phi) is 4.37. The maximum absolute atomic E-state index is 13.2. The van der Waals surface area contributed by atoms with Crippen molar-refractivity contribution in [2.75, 3.05) is 24.6 Å². The Morgan fingerprint density at radius 2 is 2.00 bits per heavy atom. The standard InChI is InChI=1S/C14H20FNO/c15-13-6-5-12-7-9-16(14(12)11-13)8-3-1-2-4-10-17/h5-6,11,17H,1-4,7-10H2. The van der Waals surface area contributed by atoms with Crippen LogP contribution in [0, 0.1) is 5.82 Å². The van der Waals surface area contributed by atoms with Gasteiger partial charge < -0.3 is 10.0 Å². The summed E-state index contributed by atoms with van der Waals surface area (Å²) in [4.78, 5) is 2.28. The summed E-state index contributed by atoms with van der Waals surface area (Å²) < 4.78 is 13.2. The first kappa shape index (κ1) is 12.4. The van der Waals surface area contributed by atoms with Crippen LogP contribution >= 0.6 is 0 Å². The van der Waals surface area contributed by atoms with Crippen molar-refractivity contribution in [2.24, 2.45) is 0 Å². The number of fused-ring (bicyclic) bond motifs is 1. The summed E-state index contributed by atoms with van der Waals surface area (Å²) in [6.45, 7) is 2.30. The fraction of sp³-hybridized carbons (Fsp3) is 0.571. The number of unbranched alkanes of at least 4 members (excludes halogenated alkanes) is 3. The first-order chi connectivity index (χ1) is 8.31. The monoisotopic (exact) mass is 237 g/mol. The average Bonchev–Trinajstić information content (AvgIpc) is 2.72. The second kappa shape index (κ2) is 6.01. The van der Waals surface area contributed by atoms with Crippen molar-refractivity contribution >= 4 is 5.69 Å². The van der Waals surface area contributed by atoms with E-state index >= 15 is 0 Å². The van der Waals surface area contributed by atoms with Gasteiger partial charge in [-0.05, 0) is 37.0 Å². The maximum Gasteiger partial charge on any atom is 0.125 e. The molecule has 0 bridgehead atoms. The highest BCUT2D eigenvalue weighted by atomic mass is 19.1. The van der Waals surface area contributed by atoms with E-state index in [-0.39, 0.29) is 12.4 Å². The van der Waals surface area contributed by atoms with Crippen molar-refractivity contribution in [1.29, 1.82) is 0 Å². The number of hydrogen-bond donors (Lipinski definition) is 1. The van der Waals surface area contributed by atoms with E-state index in [0.717, 1.165) is 50.9 Å². The smallest absolute Gasteiger partial charge is 0.125 e. The molecule has 0 saturated carbocycles. The SMILES string of the molecule is OCCCCCCN1CCc2ccc(F)cc21. The average molecular weight is 237 g/mol. The molecule has 2 nitrogen and oxygen atoms in total. The van der Waals surface area contributed by atoms with E-state index in [4.69, 9.17) is 5.11 Å². The third kappa shape index (κ3) is 3.19. The zero-order valence-electron chi connectivity index (χ0n) is 10.2. The van der Waals surface area contributed by atoms with E-state index in [0.29, 0.717) is 0 Å². The van der Waals surface area contributed by atoms with Crippen LogP contribution in [-0.4, -0.2) is 24.8 Å². The highest BCUT2D eigenvalue weighted by Gasteiger charge is 2.18. The van der Waals surface area contributed by atoms with Crippen LogP contribution in [0.5, 0.6) is 0 Å². The molecule has 1 aliphatic heterocycles. The van der Waals surface area contributed by atoms with Crippen molar-refractivity contribution in [2.45, 2.75) is 32.1 Å². The van der Waals surface area contributed by atoms with Gasteiger partial charge in [0.05, 0.1) is 0 Å². The first-order valence-electron chi connectivity index (χ1n) is 6.45. The molecule has 0 spiro atoms. The molecule has 0 amide bonds. The predicted molar refractivity (Wildman–Crippen MR) is 67.9 cm³/mol. The third-order valence-electron chi connectivity index (χ3n) is 3.38. The van der Waals surface area contributed by atoms with Gasteiger partial charge in [-0.3, -0.25) is 0 Å². The number of hydrogen-bond acceptors (Lipinski definition) is 2. The van der Waals surface area contributed by atoms with Gasteiger partial charge in [0.15, 0.2) is 0 Å². The van der Waals surface area contributed by atoms with Crippen LogP contribution in [0.4, 0.5) is 10.1 Å². The molecular formula is C14H20FNO. The van der Waals surface area contributed by atoms with Crippen LogP contribution in [0.25, 0.3) is 0 Å². The summed E-state index contributed by atoms with van der Waals surface area (Å²) in [5.41, 5.74) is 2.34. The van der Waals surface area contributed by atoms with Crippen LogP contribution in [-0.2, 0) is 6.42 Å². The van der Waals surface area contributed by atoms with Gasteiger partial charge in [0.2, 0.25) is 0 Å². The largest absolute Gasteiger partial charge is 0.396 e. The molecule has 1 aliphatic rings. The number of nitrogens with zero attached hydrogens (tertiary/aromatic N) is 1. The van der Waals surface area contributed by atoms with Gasteiger partial charge in [-0.15, -0.1) is 0 Å². The van der Waals surface area contributed by atoms with E-state index in [2.05, 4.69) is 4.90 Å². The van der Waals surface area contributed by atoms with Crippen molar-refractivity contribution in [3.63, 3.8) is 0 Å². The van der Waals surface area contributed by atoms with Gasteiger partial charge in [-0.25, -0.2) is 4.39 Å². The quantitative estimate of drug-likeness (QED) is 0.769. The lowest BCUT2D eigenvalue weighted by Gasteiger charge is -2.19. The molecule has 1 aromatic carbocycles. The Balaban J connectivity index is 1.82. The van der Waals surface area contributed by atoms with Crippen molar-refractivity contribution < 1.29 is 9.50 Å². The Morgan fingerprint density at radius 1 is 1.18 bits per heavy atom. The molecule has 0 fully saturated rings. The number of aliphatic hydroxyl groups is 1. The van der Waals surface area contributed by atoms with E-state index in [1.807, 2.05) is 6.07 Å². The minimum atomic E-state index is -0.143. The van der Waals surface area contributed by atoms with Gasteiger partial charge in [0.25, 0.3) is 0 Å². The summed E-state index contributed by atoms with van der Waals surface area (Å²) in [5, 5.41) is 8.69. The van der Waals surface area contributed by atoms with Crippen LogP contribution < -0.4 is 4.90 Å². The minimum absolute atomic E-state index is 0.143. The molecule has 0 saturated heterocycles. The summed E-state index contributed by atoms with van der Waals surface area (Å²) in [5.74, 6) is -0.143. The summed E-state index contributed by atoms with van der Waals surface area (Å²) >= 11 is 0. The Hall–Kier alpha value is -1.09. The molecule has 1 aromatic rings. The topological polar surface area (TPSA) is 23.5 Å². The number of rotatable bonds is 6. The zero-order valence-corrected chi connectivity index (χ0v) is 10.2. The molecule has 1 heterocycles. The van der Waals surface area contributed by atoms with E-state index in [1.165, 1.54) is 5.56 Å². The molecule has 0 atom stereocenters. The lowest BCUT2D eigenvalue weighted by molar-refractivity contribution is 0.282. The highest BCUT2D eigenvalue weighted by molar-refractivity contribution is 5.57. The molecule has 17 heavy (non-hydrogen) atoms. The van der Waals surface area contributed by atoms with Crippen molar-refractivity contribution in [3.05, 3.63) is 29.6 Å². The Morgan fingerprint density at radius 3 is 2.82 bits per heavy atom. The van der Waals surface area contributed by atoms with Crippen LogP contribution in [0.1, 0.15) is 31.2 Å². The van der Waals surface area contributed by atoms with Crippen molar-refractivity contribution in [1.82, 2.24) is 0 Å². The number of aliphatic hydroxyl groups excluding tert-OH is 1. The highest BCUT2D eigenvalue weighted by Crippen LogP contribution is 2.28. The lowest BCUT2D eigenvalue weighted by atomic mass is 10.1. The molecule has 2 rings (SSSR count). The van der Waals surface area contributed by atoms with Gasteiger partial charge >= 0.3 is 0 Å². The van der Waals surface area contributed by atoms with E-state index in [1.54, 1.807) is 12.1 Å². The second-order valence-electron chi connectivity index (χ2n) is 4.65. The van der Waals surface area contributed by atoms with Gasteiger partial charge in [0.1, 0.15) is 5.82 Å². The summed E-state index contributed by atoms with van der Waals surface area (Å²) in [6.07, 6.45) is 5.27. The van der Waals surface area contributed by atoms with Crippen LogP contribution in [0.2, 0.25) is 0 Å². The predicted octanol–water partition coefficient (Wildman–Crippen LogP) is 2.74. The Labute approximate surface area is 102 Å². The number of anilines is 1. The minimum Gasteiger partial charge on any atom is -0.396 e. The van der Waals surface area contributed by atoms with Gasteiger partial charge in [0, 0.05) is 25.4 Å². The zero-order chi connectivity index (χ0) is 12.1. The maximum atomic E-state index is 13.2. The fourth-order valence-corrected chi connectivity index (χ4v) is 2.42. The van der Waals surface area contributed by atoms with Crippen molar-refractivity contribution in [3.8, 4) is 0 Å². The fourth-order valence-electron chi connectivity index (χ4n) is 2.42. The molecule has 94 valence electrons.